The lowest BCUT2D eigenvalue weighted by Gasteiger charge is -2.26. The van der Waals surface area contributed by atoms with E-state index in [0.29, 0.717) is 11.1 Å². The van der Waals surface area contributed by atoms with Crippen molar-refractivity contribution in [3.63, 3.8) is 0 Å². The van der Waals surface area contributed by atoms with Gasteiger partial charge in [-0.15, -0.1) is 0 Å². The number of esters is 2. The number of carbonyl (C=O) groups is 2. The Hall–Kier alpha value is -2.63. The number of dihydropyridines is 1. The quantitative estimate of drug-likeness (QED) is 0.558. The number of nitrogens with zero attached hydrogens (tertiary/aromatic N) is 1. The molecule has 29 heavy (non-hydrogen) atoms. The Kier molecular flexibility index (Phi) is 7.59. The Bertz CT molecular complexity index is 841. The van der Waals surface area contributed by atoms with Crippen LogP contribution in [-0.2, 0) is 21.3 Å². The van der Waals surface area contributed by atoms with Gasteiger partial charge < -0.3 is 14.8 Å². The monoisotopic (exact) mass is 401 g/mol. The molecule has 1 aromatic rings. The third kappa shape index (κ3) is 5.68. The van der Waals surface area contributed by atoms with Crippen molar-refractivity contribution in [1.82, 2.24) is 5.32 Å². The molecule has 0 saturated carbocycles. The van der Waals surface area contributed by atoms with Gasteiger partial charge in [0.1, 0.15) is 12.6 Å². The van der Waals surface area contributed by atoms with Gasteiger partial charge in [0.25, 0.3) is 0 Å². The molecule has 2 rings (SSSR count). The summed E-state index contributed by atoms with van der Waals surface area (Å²) in [6.07, 6.45) is 6.82. The fourth-order valence-electron chi connectivity index (χ4n) is 3.21. The number of aryl methyl sites for hydroxylation is 1. The minimum absolute atomic E-state index is 0.152. The van der Waals surface area contributed by atoms with Gasteiger partial charge in [0.2, 0.25) is 0 Å². The summed E-state index contributed by atoms with van der Waals surface area (Å²) < 4.78 is 12.9. The second-order valence-electron chi connectivity index (χ2n) is 7.76. The fraction of sp³-hybridized carbons (Fsp3) is 0.522. The Labute approximate surface area is 173 Å². The maximum Gasteiger partial charge on any atom is 0.344 e. The standard InChI is InChI=1S/C23H32N2O4/c1-8-15(4)28-22(26)19-11-18(12-25(7)13-19)20-10-14(3)24-17(6)21(20)23(27)29-16(5)9-2/h10-13,15-16,20H,8-9H2,1-7H3/p+1. The number of ether oxygens (including phenoxy) is 2. The molecule has 0 aromatic carbocycles. The topological polar surface area (TPSA) is 68.5 Å². The third-order valence-corrected chi connectivity index (χ3v) is 5.11. The van der Waals surface area contributed by atoms with Gasteiger partial charge in [-0.25, -0.2) is 14.2 Å². The molecule has 0 bridgehead atoms. The molecule has 1 aliphatic rings. The van der Waals surface area contributed by atoms with Crippen LogP contribution in [0, 0.1) is 0 Å². The van der Waals surface area contributed by atoms with E-state index in [4.69, 9.17) is 9.47 Å². The van der Waals surface area contributed by atoms with E-state index in [1.165, 1.54) is 0 Å². The van der Waals surface area contributed by atoms with Crippen molar-refractivity contribution in [1.29, 1.82) is 0 Å². The van der Waals surface area contributed by atoms with E-state index in [-0.39, 0.29) is 30.1 Å². The van der Waals surface area contributed by atoms with Crippen LogP contribution in [0.2, 0.25) is 0 Å². The molecule has 0 fully saturated rings. The molecule has 1 N–H and O–H groups in total. The van der Waals surface area contributed by atoms with Crippen LogP contribution in [0.1, 0.15) is 76.2 Å². The summed E-state index contributed by atoms with van der Waals surface area (Å²) in [5.41, 5.74) is 3.56. The fourth-order valence-corrected chi connectivity index (χ4v) is 3.21. The van der Waals surface area contributed by atoms with E-state index >= 15 is 0 Å². The number of carbonyl (C=O) groups excluding carboxylic acids is 2. The number of rotatable bonds is 7. The molecule has 6 heteroatoms. The van der Waals surface area contributed by atoms with Crippen molar-refractivity contribution in [2.45, 2.75) is 72.5 Å². The lowest BCUT2D eigenvalue weighted by molar-refractivity contribution is -0.672. The molecular weight excluding hydrogens is 368 g/mol. The smallest absolute Gasteiger partial charge is 0.344 e. The average molecular weight is 402 g/mol. The maximum absolute atomic E-state index is 12.9. The second kappa shape index (κ2) is 9.72. The molecule has 0 spiro atoms. The maximum atomic E-state index is 12.9. The zero-order valence-corrected chi connectivity index (χ0v) is 18.5. The van der Waals surface area contributed by atoms with Crippen LogP contribution < -0.4 is 9.88 Å². The molecule has 0 aliphatic carbocycles. The van der Waals surface area contributed by atoms with Crippen LogP contribution in [0.15, 0.2) is 41.5 Å². The molecule has 0 saturated heterocycles. The van der Waals surface area contributed by atoms with E-state index in [2.05, 4.69) is 5.32 Å². The first-order valence-electron chi connectivity index (χ1n) is 10.2. The lowest BCUT2D eigenvalue weighted by Crippen LogP contribution is -2.32. The molecule has 1 aliphatic heterocycles. The molecule has 2 heterocycles. The highest BCUT2D eigenvalue weighted by Crippen LogP contribution is 2.33. The average Bonchev–Trinajstić information content (AvgIpc) is 2.66. The van der Waals surface area contributed by atoms with E-state index in [1.54, 1.807) is 12.3 Å². The number of hydrogen-bond donors (Lipinski definition) is 1. The molecular formula is C23H33N2O4+. The molecule has 1 aromatic heterocycles. The highest BCUT2D eigenvalue weighted by Gasteiger charge is 2.31. The zero-order chi connectivity index (χ0) is 21.7. The Morgan fingerprint density at radius 1 is 1.07 bits per heavy atom. The van der Waals surface area contributed by atoms with Gasteiger partial charge in [0, 0.05) is 22.9 Å². The summed E-state index contributed by atoms with van der Waals surface area (Å²) in [7, 11) is 1.86. The first-order valence-corrected chi connectivity index (χ1v) is 10.2. The van der Waals surface area contributed by atoms with Crippen molar-refractivity contribution in [2.75, 3.05) is 0 Å². The van der Waals surface area contributed by atoms with Crippen molar-refractivity contribution in [3.8, 4) is 0 Å². The van der Waals surface area contributed by atoms with Crippen LogP contribution in [0.25, 0.3) is 0 Å². The number of hydrogen-bond acceptors (Lipinski definition) is 5. The summed E-state index contributed by atoms with van der Waals surface area (Å²) in [6, 6.07) is 1.80. The normalized spacial score (nSPS) is 18.4. The molecule has 0 radical (unpaired) electrons. The second-order valence-corrected chi connectivity index (χ2v) is 7.76. The Morgan fingerprint density at radius 2 is 1.66 bits per heavy atom. The molecule has 6 nitrogen and oxygen atoms in total. The van der Waals surface area contributed by atoms with Gasteiger partial charge in [0.05, 0.1) is 17.8 Å². The predicted octanol–water partition coefficient (Wildman–Crippen LogP) is 3.67. The van der Waals surface area contributed by atoms with Crippen LogP contribution in [0.5, 0.6) is 0 Å². The van der Waals surface area contributed by atoms with E-state index in [1.807, 2.05) is 65.4 Å². The lowest BCUT2D eigenvalue weighted by atomic mass is 9.87. The summed E-state index contributed by atoms with van der Waals surface area (Å²) in [4.78, 5) is 25.5. The first kappa shape index (κ1) is 22.7. The van der Waals surface area contributed by atoms with Gasteiger partial charge in [0.15, 0.2) is 12.4 Å². The van der Waals surface area contributed by atoms with Crippen LogP contribution >= 0.6 is 0 Å². The molecule has 158 valence electrons. The van der Waals surface area contributed by atoms with Gasteiger partial charge in [-0.3, -0.25) is 0 Å². The van der Waals surface area contributed by atoms with E-state index in [0.717, 1.165) is 29.8 Å². The van der Waals surface area contributed by atoms with E-state index in [9.17, 15) is 9.59 Å². The Morgan fingerprint density at radius 3 is 2.24 bits per heavy atom. The summed E-state index contributed by atoms with van der Waals surface area (Å²) in [5, 5.41) is 3.23. The Balaban J connectivity index is 2.45. The highest BCUT2D eigenvalue weighted by atomic mass is 16.5. The predicted molar refractivity (Wildman–Crippen MR) is 111 cm³/mol. The summed E-state index contributed by atoms with van der Waals surface area (Å²) >= 11 is 0. The summed E-state index contributed by atoms with van der Waals surface area (Å²) in [6.45, 7) is 11.5. The third-order valence-electron chi connectivity index (χ3n) is 5.11. The SMILES string of the molecule is CCC(C)OC(=O)C1=C(C)NC(C)=CC1c1cc(C(=O)OC(C)CC)c[n+](C)c1. The van der Waals surface area contributed by atoms with Gasteiger partial charge >= 0.3 is 11.9 Å². The zero-order valence-electron chi connectivity index (χ0n) is 18.5. The first-order chi connectivity index (χ1) is 13.7. The van der Waals surface area contributed by atoms with Gasteiger partial charge in [-0.05, 0) is 46.6 Å². The van der Waals surface area contributed by atoms with Crippen molar-refractivity contribution in [3.05, 3.63) is 52.6 Å². The van der Waals surface area contributed by atoms with E-state index < -0.39 is 0 Å². The van der Waals surface area contributed by atoms with Crippen molar-refractivity contribution in [2.24, 2.45) is 7.05 Å². The summed E-state index contributed by atoms with van der Waals surface area (Å²) in [5.74, 6) is -1.01. The van der Waals surface area contributed by atoms with Gasteiger partial charge in [-0.1, -0.05) is 19.9 Å². The van der Waals surface area contributed by atoms with Crippen molar-refractivity contribution < 1.29 is 23.6 Å². The van der Waals surface area contributed by atoms with Crippen LogP contribution in [0.3, 0.4) is 0 Å². The number of pyridine rings is 1. The number of allylic oxidation sites excluding steroid dienone is 3. The van der Waals surface area contributed by atoms with Crippen LogP contribution in [0.4, 0.5) is 0 Å². The number of nitrogens with one attached hydrogen (secondary N) is 1. The molecule has 3 atom stereocenters. The largest absolute Gasteiger partial charge is 0.459 e. The van der Waals surface area contributed by atoms with Crippen molar-refractivity contribution >= 4 is 11.9 Å². The minimum atomic E-state index is -0.365. The molecule has 0 amide bonds. The van der Waals surface area contributed by atoms with Gasteiger partial charge in [-0.2, -0.15) is 0 Å². The minimum Gasteiger partial charge on any atom is -0.459 e. The molecule has 3 unspecified atom stereocenters. The highest BCUT2D eigenvalue weighted by molar-refractivity contribution is 5.93. The number of aromatic nitrogens is 1. The van der Waals surface area contributed by atoms with Crippen LogP contribution in [-0.4, -0.2) is 24.1 Å².